The molecule has 0 aliphatic heterocycles. The summed E-state index contributed by atoms with van der Waals surface area (Å²) < 4.78 is 22.9. The van der Waals surface area contributed by atoms with Gasteiger partial charge in [0.2, 0.25) is 0 Å². The molecule has 0 unspecified atom stereocenters. The number of carbonyl (C=O) groups is 2. The molecule has 0 N–H and O–H groups in total. The molecule has 0 spiro atoms. The lowest BCUT2D eigenvalue weighted by Gasteiger charge is -2.23. The summed E-state index contributed by atoms with van der Waals surface area (Å²) in [5, 5.41) is 0. The normalized spacial score (nSPS) is 10.2. The molecule has 0 radical (unpaired) electrons. The van der Waals surface area contributed by atoms with Gasteiger partial charge in [-0.05, 0) is 35.9 Å². The maximum atomic E-state index is 13.1. The van der Waals surface area contributed by atoms with Crippen LogP contribution in [-0.4, -0.2) is 37.5 Å². The van der Waals surface area contributed by atoms with Gasteiger partial charge in [-0.15, -0.1) is 0 Å². The van der Waals surface area contributed by atoms with Gasteiger partial charge in [0.25, 0.3) is 5.91 Å². The van der Waals surface area contributed by atoms with E-state index < -0.39 is 5.97 Å². The van der Waals surface area contributed by atoms with E-state index in [9.17, 15) is 14.0 Å². The van der Waals surface area contributed by atoms with Crippen molar-refractivity contribution < 1.29 is 23.5 Å². The lowest BCUT2D eigenvalue weighted by molar-refractivity contribution is -0.140. The summed E-state index contributed by atoms with van der Waals surface area (Å²) in [6, 6.07) is 12.7. The number of methoxy groups -OCH3 is 2. The summed E-state index contributed by atoms with van der Waals surface area (Å²) >= 11 is 0. The Kier molecular flexibility index (Phi) is 6.51. The summed E-state index contributed by atoms with van der Waals surface area (Å²) in [7, 11) is 2.83. The molecule has 0 heterocycles. The van der Waals surface area contributed by atoms with Gasteiger partial charge in [-0.2, -0.15) is 0 Å². The van der Waals surface area contributed by atoms with E-state index in [1.807, 2.05) is 0 Å². The highest BCUT2D eigenvalue weighted by molar-refractivity contribution is 5.94. The van der Waals surface area contributed by atoms with Gasteiger partial charge in [0.05, 0.1) is 20.6 Å². The molecule has 0 aliphatic carbocycles. The summed E-state index contributed by atoms with van der Waals surface area (Å²) in [6.45, 7) is 0.452. The molecule has 5 nitrogen and oxygen atoms in total. The van der Waals surface area contributed by atoms with Gasteiger partial charge in [0.15, 0.2) is 0 Å². The van der Waals surface area contributed by atoms with Crippen LogP contribution in [0.5, 0.6) is 5.75 Å². The fourth-order valence-electron chi connectivity index (χ4n) is 2.33. The molecule has 0 aromatic heterocycles. The first-order chi connectivity index (χ1) is 12.0. The molecule has 0 saturated heterocycles. The van der Waals surface area contributed by atoms with Crippen LogP contribution in [-0.2, 0) is 16.1 Å². The number of esters is 1. The van der Waals surface area contributed by atoms with E-state index in [1.165, 1.54) is 31.3 Å². The van der Waals surface area contributed by atoms with Crippen LogP contribution < -0.4 is 4.74 Å². The van der Waals surface area contributed by atoms with Crippen molar-refractivity contribution >= 4 is 11.9 Å². The predicted octanol–water partition coefficient (Wildman–Crippen LogP) is 3.04. The van der Waals surface area contributed by atoms with Crippen LogP contribution in [0.4, 0.5) is 4.39 Å². The minimum atomic E-state index is -0.400. The predicted molar refractivity (Wildman–Crippen MR) is 90.8 cm³/mol. The Morgan fingerprint density at radius 1 is 1.08 bits per heavy atom. The highest BCUT2D eigenvalue weighted by Crippen LogP contribution is 2.16. The van der Waals surface area contributed by atoms with Crippen LogP contribution >= 0.6 is 0 Å². The van der Waals surface area contributed by atoms with Crippen molar-refractivity contribution in [3.63, 3.8) is 0 Å². The van der Waals surface area contributed by atoms with Crippen LogP contribution in [0.3, 0.4) is 0 Å². The highest BCUT2D eigenvalue weighted by atomic mass is 19.1. The Bertz CT molecular complexity index is 730. The molecule has 0 aliphatic rings. The average Bonchev–Trinajstić information content (AvgIpc) is 2.65. The molecule has 6 heteroatoms. The number of carbonyl (C=O) groups excluding carboxylic acids is 2. The van der Waals surface area contributed by atoms with Crippen LogP contribution in [0.2, 0.25) is 0 Å². The molecular formula is C19H20FNO4. The zero-order chi connectivity index (χ0) is 18.2. The van der Waals surface area contributed by atoms with Gasteiger partial charge in [-0.1, -0.05) is 18.2 Å². The molecule has 0 fully saturated rings. The number of amides is 1. The fourth-order valence-corrected chi connectivity index (χ4v) is 2.33. The monoisotopic (exact) mass is 345 g/mol. The minimum Gasteiger partial charge on any atom is -0.497 e. The lowest BCUT2D eigenvalue weighted by Crippen LogP contribution is -2.32. The summed E-state index contributed by atoms with van der Waals surface area (Å²) in [4.78, 5) is 25.8. The topological polar surface area (TPSA) is 55.8 Å². The maximum Gasteiger partial charge on any atom is 0.307 e. The minimum absolute atomic E-state index is 0.0768. The number of ether oxygens (including phenoxy) is 2. The van der Waals surface area contributed by atoms with Crippen LogP contribution in [0.25, 0.3) is 0 Å². The van der Waals surface area contributed by atoms with E-state index in [0.717, 1.165) is 5.56 Å². The van der Waals surface area contributed by atoms with Crippen molar-refractivity contribution in [2.45, 2.75) is 13.0 Å². The van der Waals surface area contributed by atoms with Crippen LogP contribution in [0.1, 0.15) is 22.3 Å². The Balaban J connectivity index is 2.20. The lowest BCUT2D eigenvalue weighted by atomic mass is 10.1. The smallest absolute Gasteiger partial charge is 0.307 e. The number of benzene rings is 2. The maximum absolute atomic E-state index is 13.1. The molecule has 1 amide bonds. The largest absolute Gasteiger partial charge is 0.497 e. The van der Waals surface area contributed by atoms with Crippen molar-refractivity contribution in [3.8, 4) is 5.75 Å². The third-order valence-electron chi connectivity index (χ3n) is 3.70. The molecule has 2 rings (SSSR count). The second-order valence-electron chi connectivity index (χ2n) is 5.41. The van der Waals surface area contributed by atoms with Gasteiger partial charge in [0, 0.05) is 18.7 Å². The quantitative estimate of drug-likeness (QED) is 0.724. The zero-order valence-corrected chi connectivity index (χ0v) is 14.2. The standard InChI is InChI=1S/C19H20FNO4/c1-24-17-5-3-4-15(12-17)19(23)21(11-10-18(22)25-2)13-14-6-8-16(20)9-7-14/h3-9,12H,10-11,13H2,1-2H3. The van der Waals surface area contributed by atoms with Gasteiger partial charge in [-0.25, -0.2) is 4.39 Å². The summed E-state index contributed by atoms with van der Waals surface area (Å²) in [5.41, 5.74) is 1.22. The number of nitrogens with zero attached hydrogens (tertiary/aromatic N) is 1. The number of halogens is 1. The van der Waals surface area contributed by atoms with Crippen molar-refractivity contribution in [1.29, 1.82) is 0 Å². The summed E-state index contributed by atoms with van der Waals surface area (Å²) in [5.74, 6) is -0.417. The van der Waals surface area contributed by atoms with E-state index >= 15 is 0 Å². The zero-order valence-electron chi connectivity index (χ0n) is 14.2. The van der Waals surface area contributed by atoms with Gasteiger partial charge < -0.3 is 14.4 Å². The van der Waals surface area contributed by atoms with Gasteiger partial charge in [0.1, 0.15) is 11.6 Å². The van der Waals surface area contributed by atoms with E-state index in [2.05, 4.69) is 4.74 Å². The second kappa shape index (κ2) is 8.82. The van der Waals surface area contributed by atoms with Crippen LogP contribution in [0, 0.1) is 5.82 Å². The fraction of sp³-hybridized carbons (Fsp3) is 0.263. The Morgan fingerprint density at radius 3 is 2.44 bits per heavy atom. The Morgan fingerprint density at radius 2 is 1.80 bits per heavy atom. The third kappa shape index (κ3) is 5.31. The Hall–Kier alpha value is -2.89. The van der Waals surface area contributed by atoms with E-state index in [-0.39, 0.29) is 31.2 Å². The molecule has 0 bridgehead atoms. The molecule has 132 valence electrons. The van der Waals surface area contributed by atoms with Crippen molar-refractivity contribution in [2.75, 3.05) is 20.8 Å². The molecule has 2 aromatic carbocycles. The van der Waals surface area contributed by atoms with Gasteiger partial charge >= 0.3 is 5.97 Å². The first-order valence-electron chi connectivity index (χ1n) is 7.78. The number of hydrogen-bond acceptors (Lipinski definition) is 4. The van der Waals surface area contributed by atoms with Crippen molar-refractivity contribution in [1.82, 2.24) is 4.90 Å². The summed E-state index contributed by atoms with van der Waals surface area (Å²) in [6.07, 6.45) is 0.0768. The molecule has 0 saturated carbocycles. The number of hydrogen-bond donors (Lipinski definition) is 0. The molecular weight excluding hydrogens is 325 g/mol. The first-order valence-corrected chi connectivity index (χ1v) is 7.78. The van der Waals surface area contributed by atoms with E-state index in [0.29, 0.717) is 11.3 Å². The molecule has 0 atom stereocenters. The van der Waals surface area contributed by atoms with Crippen molar-refractivity contribution in [3.05, 3.63) is 65.5 Å². The first kappa shape index (κ1) is 18.4. The van der Waals surface area contributed by atoms with Gasteiger partial charge in [-0.3, -0.25) is 9.59 Å². The second-order valence-corrected chi connectivity index (χ2v) is 5.41. The highest BCUT2D eigenvalue weighted by Gasteiger charge is 2.18. The SMILES string of the molecule is COC(=O)CCN(Cc1ccc(F)cc1)C(=O)c1cccc(OC)c1. The van der Waals surface area contributed by atoms with E-state index in [4.69, 9.17) is 4.74 Å². The van der Waals surface area contributed by atoms with E-state index in [1.54, 1.807) is 36.4 Å². The molecule has 25 heavy (non-hydrogen) atoms. The molecule has 2 aromatic rings. The van der Waals surface area contributed by atoms with Crippen molar-refractivity contribution in [2.24, 2.45) is 0 Å². The Labute approximate surface area is 146 Å². The third-order valence-corrected chi connectivity index (χ3v) is 3.70. The average molecular weight is 345 g/mol. The number of rotatable bonds is 7. The van der Waals surface area contributed by atoms with Crippen LogP contribution in [0.15, 0.2) is 48.5 Å².